The molecule has 0 saturated carbocycles. The van der Waals surface area contributed by atoms with Crippen LogP contribution >= 0.6 is 0 Å². The van der Waals surface area contributed by atoms with Crippen molar-refractivity contribution < 1.29 is 45.0 Å². The lowest BCUT2D eigenvalue weighted by Gasteiger charge is -2.19. The molecule has 0 aliphatic heterocycles. The molecule has 1 heterocycles. The second-order valence-corrected chi connectivity index (χ2v) is 6.29. The fourth-order valence-corrected chi connectivity index (χ4v) is 2.90. The van der Waals surface area contributed by atoms with Crippen LogP contribution in [0.15, 0.2) is 42.5 Å². The number of esters is 1. The highest BCUT2D eigenvalue weighted by molar-refractivity contribution is 6.03. The molecule has 0 saturated heterocycles. The monoisotopic (exact) mass is 462 g/mol. The third-order valence-corrected chi connectivity index (χ3v) is 4.06. The average Bonchev–Trinajstić information content (AvgIpc) is 2.67. The zero-order chi connectivity index (χ0) is 23.7. The van der Waals surface area contributed by atoms with Crippen LogP contribution in [0.4, 0.5) is 42.2 Å². The van der Waals surface area contributed by atoms with E-state index in [1.54, 1.807) is 0 Å². The highest BCUT2D eigenvalue weighted by Gasteiger charge is 2.40. The van der Waals surface area contributed by atoms with Crippen LogP contribution in [-0.4, -0.2) is 23.9 Å². The Labute approximate surface area is 175 Å². The number of benzene rings is 2. The van der Waals surface area contributed by atoms with E-state index in [2.05, 4.69) is 15.0 Å². The Morgan fingerprint density at radius 2 is 1.69 bits per heavy atom. The minimum Gasteiger partial charge on any atom is -0.462 e. The maximum absolute atomic E-state index is 13.9. The van der Waals surface area contributed by atoms with Gasteiger partial charge in [0.05, 0.1) is 17.7 Å². The van der Waals surface area contributed by atoms with E-state index >= 15 is 0 Å². The van der Waals surface area contributed by atoms with E-state index in [4.69, 9.17) is 4.74 Å². The van der Waals surface area contributed by atoms with E-state index in [9.17, 15) is 35.5 Å². The summed E-state index contributed by atoms with van der Waals surface area (Å²) in [6.07, 6.45) is -10.0. The second kappa shape index (κ2) is 8.52. The van der Waals surface area contributed by atoms with Crippen LogP contribution in [0.2, 0.25) is 0 Å². The number of pyridine rings is 1. The minimum atomic E-state index is -5.09. The second-order valence-electron chi connectivity index (χ2n) is 6.29. The Kier molecular flexibility index (Phi) is 6.15. The van der Waals surface area contributed by atoms with Gasteiger partial charge in [-0.2, -0.15) is 13.2 Å². The largest absolute Gasteiger partial charge is 0.573 e. The van der Waals surface area contributed by atoms with Gasteiger partial charge in [0.15, 0.2) is 0 Å². The maximum Gasteiger partial charge on any atom is 0.573 e. The Morgan fingerprint density at radius 3 is 2.25 bits per heavy atom. The Bertz CT molecular complexity index is 1140. The molecule has 2 aromatic carbocycles. The molecule has 0 amide bonds. The van der Waals surface area contributed by atoms with Crippen LogP contribution in [0, 0.1) is 5.82 Å². The van der Waals surface area contributed by atoms with Crippen LogP contribution < -0.4 is 10.1 Å². The van der Waals surface area contributed by atoms with Crippen LogP contribution in [0.5, 0.6) is 5.75 Å². The SMILES string of the molecule is CCOC(=O)c1c(Nc2ccc(OC(F)(F)F)cc2)nc2ccc(F)cc2c1C(F)(F)F. The first kappa shape index (κ1) is 23.1. The van der Waals surface area contributed by atoms with E-state index in [1.165, 1.54) is 6.92 Å². The molecule has 0 atom stereocenters. The third-order valence-electron chi connectivity index (χ3n) is 4.06. The Balaban J connectivity index is 2.16. The lowest BCUT2D eigenvalue weighted by molar-refractivity contribution is -0.274. The number of nitrogens with one attached hydrogen (secondary N) is 1. The van der Waals surface area contributed by atoms with Gasteiger partial charge in [0.2, 0.25) is 0 Å². The quantitative estimate of drug-likeness (QED) is 0.361. The van der Waals surface area contributed by atoms with Crippen LogP contribution in [0.25, 0.3) is 10.9 Å². The molecule has 3 aromatic rings. The molecule has 1 N–H and O–H groups in total. The van der Waals surface area contributed by atoms with Crippen molar-refractivity contribution in [1.29, 1.82) is 0 Å². The lowest BCUT2D eigenvalue weighted by atomic mass is 10.0. The molecule has 0 aliphatic rings. The van der Waals surface area contributed by atoms with Gasteiger partial charge in [0, 0.05) is 11.1 Å². The van der Waals surface area contributed by atoms with Crippen LogP contribution in [0.3, 0.4) is 0 Å². The van der Waals surface area contributed by atoms with Gasteiger partial charge in [0.25, 0.3) is 0 Å². The number of fused-ring (bicyclic) bond motifs is 1. The number of anilines is 2. The van der Waals surface area contributed by atoms with Crippen molar-refractivity contribution in [1.82, 2.24) is 4.98 Å². The summed E-state index contributed by atoms with van der Waals surface area (Å²) in [7, 11) is 0. The predicted octanol–water partition coefficient (Wildman–Crippen LogP) is 6.21. The number of carbonyl (C=O) groups is 1. The van der Waals surface area contributed by atoms with Gasteiger partial charge in [-0.1, -0.05) is 0 Å². The van der Waals surface area contributed by atoms with E-state index in [1.807, 2.05) is 0 Å². The Hall–Kier alpha value is -3.57. The number of alkyl halides is 6. The summed E-state index contributed by atoms with van der Waals surface area (Å²) in [5, 5.41) is 1.83. The van der Waals surface area contributed by atoms with Crippen molar-refractivity contribution in [2.24, 2.45) is 0 Å². The molecule has 5 nitrogen and oxygen atoms in total. The summed E-state index contributed by atoms with van der Waals surface area (Å²) in [5.74, 6) is -3.47. The van der Waals surface area contributed by atoms with E-state index in [0.717, 1.165) is 36.4 Å². The molecule has 32 heavy (non-hydrogen) atoms. The number of hydrogen-bond acceptors (Lipinski definition) is 5. The summed E-state index contributed by atoms with van der Waals surface area (Å²) >= 11 is 0. The molecule has 0 fully saturated rings. The molecule has 1 aromatic heterocycles. The van der Waals surface area contributed by atoms with Gasteiger partial charge in [-0.05, 0) is 49.4 Å². The summed E-state index contributed by atoms with van der Waals surface area (Å²) in [4.78, 5) is 16.4. The van der Waals surface area contributed by atoms with Gasteiger partial charge in [-0.25, -0.2) is 14.2 Å². The average molecular weight is 462 g/mol. The molecule has 0 bridgehead atoms. The molecule has 0 aliphatic carbocycles. The number of nitrogens with zero attached hydrogens (tertiary/aromatic N) is 1. The number of ether oxygens (including phenoxy) is 2. The Morgan fingerprint density at radius 1 is 1.03 bits per heavy atom. The van der Waals surface area contributed by atoms with E-state index in [-0.39, 0.29) is 17.8 Å². The molecule has 0 spiro atoms. The standard InChI is InChI=1S/C20H13F7N2O3/c1-2-31-18(30)15-16(19(22,23)24)13-9-10(21)3-8-14(13)29-17(15)28-11-4-6-12(7-5-11)32-20(25,26)27/h3-9H,2H2,1H3,(H,28,29). The zero-order valence-electron chi connectivity index (χ0n) is 16.1. The highest BCUT2D eigenvalue weighted by atomic mass is 19.4. The van der Waals surface area contributed by atoms with Crippen molar-refractivity contribution in [2.75, 3.05) is 11.9 Å². The van der Waals surface area contributed by atoms with Crippen molar-refractivity contribution in [3.05, 3.63) is 59.4 Å². The zero-order valence-corrected chi connectivity index (χ0v) is 16.1. The van der Waals surface area contributed by atoms with Gasteiger partial charge in [-0.3, -0.25) is 0 Å². The maximum atomic E-state index is 13.9. The van der Waals surface area contributed by atoms with Gasteiger partial charge in [0.1, 0.15) is 22.9 Å². The molecular weight excluding hydrogens is 449 g/mol. The number of halogens is 7. The molecular formula is C20H13F7N2O3. The van der Waals surface area contributed by atoms with Gasteiger partial charge < -0.3 is 14.8 Å². The molecule has 0 radical (unpaired) electrons. The number of hydrogen-bond donors (Lipinski definition) is 1. The normalized spacial score (nSPS) is 12.0. The van der Waals surface area contributed by atoms with Crippen molar-refractivity contribution >= 4 is 28.4 Å². The highest BCUT2D eigenvalue weighted by Crippen LogP contribution is 2.41. The molecule has 3 rings (SSSR count). The van der Waals surface area contributed by atoms with Crippen LogP contribution in [-0.2, 0) is 10.9 Å². The van der Waals surface area contributed by atoms with E-state index < -0.39 is 52.4 Å². The molecule has 0 unspecified atom stereocenters. The van der Waals surface area contributed by atoms with Gasteiger partial charge >= 0.3 is 18.5 Å². The van der Waals surface area contributed by atoms with Crippen LogP contribution in [0.1, 0.15) is 22.8 Å². The van der Waals surface area contributed by atoms with Crippen molar-refractivity contribution in [2.45, 2.75) is 19.5 Å². The number of carbonyl (C=O) groups excluding carboxylic acids is 1. The van der Waals surface area contributed by atoms with Crippen molar-refractivity contribution in [3.63, 3.8) is 0 Å². The summed E-state index contributed by atoms with van der Waals surface area (Å²) in [5.41, 5.74) is -2.72. The topological polar surface area (TPSA) is 60.5 Å². The lowest BCUT2D eigenvalue weighted by Crippen LogP contribution is -2.19. The molecule has 12 heteroatoms. The molecule has 170 valence electrons. The number of rotatable bonds is 5. The van der Waals surface area contributed by atoms with Crippen molar-refractivity contribution in [3.8, 4) is 5.75 Å². The fourth-order valence-electron chi connectivity index (χ4n) is 2.90. The van der Waals surface area contributed by atoms with Gasteiger partial charge in [-0.15, -0.1) is 13.2 Å². The summed E-state index contributed by atoms with van der Waals surface area (Å²) < 4.78 is 101. The first-order valence-electron chi connectivity index (χ1n) is 8.89. The summed E-state index contributed by atoms with van der Waals surface area (Å²) in [6, 6.07) is 6.50. The number of aromatic nitrogens is 1. The first-order chi connectivity index (χ1) is 14.9. The first-order valence-corrected chi connectivity index (χ1v) is 8.89. The summed E-state index contributed by atoms with van der Waals surface area (Å²) in [6.45, 7) is 1.13. The smallest absolute Gasteiger partial charge is 0.462 e. The predicted molar refractivity (Wildman–Crippen MR) is 99.1 cm³/mol. The van der Waals surface area contributed by atoms with E-state index in [0.29, 0.717) is 6.07 Å². The minimum absolute atomic E-state index is 0.00663. The third kappa shape index (κ3) is 5.18. The fraction of sp³-hybridized carbons (Fsp3) is 0.200.